The minimum atomic E-state index is 0.876. The van der Waals surface area contributed by atoms with E-state index in [9.17, 15) is 0 Å². The van der Waals surface area contributed by atoms with Gasteiger partial charge in [0.25, 0.3) is 0 Å². The summed E-state index contributed by atoms with van der Waals surface area (Å²) in [6, 6.07) is 0. The molecule has 0 amide bonds. The van der Waals surface area contributed by atoms with Crippen LogP contribution in [0.5, 0.6) is 0 Å². The van der Waals surface area contributed by atoms with Crippen LogP contribution >= 0.6 is 0 Å². The molecule has 15 heavy (non-hydrogen) atoms. The molecule has 6 rings (SSSR count). The molecule has 0 aromatic carbocycles. The van der Waals surface area contributed by atoms with Crippen LogP contribution in [-0.4, -0.2) is 0 Å². The van der Waals surface area contributed by atoms with E-state index in [-0.39, 0.29) is 0 Å². The fourth-order valence-electron chi connectivity index (χ4n) is 6.29. The van der Waals surface area contributed by atoms with Gasteiger partial charge in [-0.15, -0.1) is 0 Å². The minimum absolute atomic E-state index is 0.876. The van der Waals surface area contributed by atoms with Crippen molar-refractivity contribution >= 4 is 0 Å². The fraction of sp³-hybridized carbons (Fsp3) is 1.00. The maximum Gasteiger partial charge on any atom is -0.0261 e. The van der Waals surface area contributed by atoms with Crippen molar-refractivity contribution in [1.29, 1.82) is 0 Å². The number of rotatable bonds is 1. The van der Waals surface area contributed by atoms with E-state index < -0.39 is 0 Å². The lowest BCUT2D eigenvalue weighted by Gasteiger charge is -2.59. The molecule has 6 aliphatic carbocycles. The Labute approximate surface area is 93.8 Å². The third kappa shape index (κ3) is 0.875. The minimum Gasteiger partial charge on any atom is -0.0651 e. The molecule has 0 nitrogen and oxygen atoms in total. The maximum atomic E-state index is 2.55. The zero-order chi connectivity index (χ0) is 10.2. The molecule has 4 bridgehead atoms. The van der Waals surface area contributed by atoms with Crippen molar-refractivity contribution in [3.05, 3.63) is 0 Å². The highest BCUT2D eigenvalue weighted by atomic mass is 14.7. The van der Waals surface area contributed by atoms with Gasteiger partial charge in [-0.3, -0.25) is 0 Å². The second-order valence-electron chi connectivity index (χ2n) is 7.17. The summed E-state index contributed by atoms with van der Waals surface area (Å²) >= 11 is 0. The van der Waals surface area contributed by atoms with E-state index in [0.717, 1.165) is 35.0 Å². The lowest BCUT2D eigenvalue weighted by molar-refractivity contribution is -0.0969. The first-order valence-electron chi connectivity index (χ1n) is 7.25. The number of hydrogen-bond acceptors (Lipinski definition) is 0. The summed E-state index contributed by atoms with van der Waals surface area (Å²) in [5.74, 6) is 6.86. The Balaban J connectivity index is 1.70. The molecule has 0 N–H and O–H groups in total. The molecule has 6 fully saturated rings. The van der Waals surface area contributed by atoms with E-state index in [1.807, 2.05) is 0 Å². The first-order chi connectivity index (χ1) is 7.25. The fourth-order valence-corrected chi connectivity index (χ4v) is 6.29. The van der Waals surface area contributed by atoms with Crippen molar-refractivity contribution in [2.75, 3.05) is 0 Å². The number of fused-ring (bicyclic) bond motifs is 1. The molecule has 0 aromatic heterocycles. The monoisotopic (exact) mass is 204 g/mol. The lowest BCUT2D eigenvalue weighted by Crippen LogP contribution is -2.51. The molecule has 0 heteroatoms. The van der Waals surface area contributed by atoms with Gasteiger partial charge < -0.3 is 0 Å². The molecular formula is C15H24. The molecule has 7 unspecified atom stereocenters. The summed E-state index contributed by atoms with van der Waals surface area (Å²) in [7, 11) is 0. The van der Waals surface area contributed by atoms with E-state index in [0.29, 0.717) is 0 Å². The van der Waals surface area contributed by atoms with Crippen molar-refractivity contribution in [1.82, 2.24) is 0 Å². The largest absolute Gasteiger partial charge is 0.0651 e. The maximum absolute atomic E-state index is 2.55. The van der Waals surface area contributed by atoms with Crippen LogP contribution in [0.1, 0.15) is 52.4 Å². The van der Waals surface area contributed by atoms with Gasteiger partial charge in [-0.05, 0) is 73.0 Å². The van der Waals surface area contributed by atoms with E-state index >= 15 is 0 Å². The molecule has 6 aliphatic rings. The van der Waals surface area contributed by atoms with Gasteiger partial charge in [0.15, 0.2) is 0 Å². The normalized spacial score (nSPS) is 65.2. The molecule has 0 heterocycles. The molecule has 0 saturated heterocycles. The average molecular weight is 204 g/mol. The highest BCUT2D eigenvalue weighted by molar-refractivity contribution is 5.14. The Morgan fingerprint density at radius 1 is 1.13 bits per heavy atom. The molecule has 7 atom stereocenters. The van der Waals surface area contributed by atoms with Crippen LogP contribution in [0.25, 0.3) is 0 Å². The first-order valence-corrected chi connectivity index (χ1v) is 7.25. The van der Waals surface area contributed by atoms with Crippen molar-refractivity contribution in [2.24, 2.45) is 40.9 Å². The third-order valence-corrected chi connectivity index (χ3v) is 7.14. The summed E-state index contributed by atoms with van der Waals surface area (Å²) < 4.78 is 0. The highest BCUT2D eigenvalue weighted by Gasteiger charge is 2.65. The van der Waals surface area contributed by atoms with Crippen LogP contribution in [0.15, 0.2) is 0 Å². The van der Waals surface area contributed by atoms with Gasteiger partial charge in [-0.25, -0.2) is 0 Å². The van der Waals surface area contributed by atoms with Gasteiger partial charge in [0, 0.05) is 0 Å². The predicted molar refractivity (Wildman–Crippen MR) is 62.4 cm³/mol. The average Bonchev–Trinajstić information content (AvgIpc) is 2.46. The van der Waals surface area contributed by atoms with Crippen LogP contribution < -0.4 is 0 Å². The van der Waals surface area contributed by atoms with E-state index in [1.54, 1.807) is 32.1 Å². The zero-order valence-corrected chi connectivity index (χ0v) is 10.2. The Morgan fingerprint density at radius 2 is 2.00 bits per heavy atom. The molecule has 1 spiro atoms. The Morgan fingerprint density at radius 3 is 2.80 bits per heavy atom. The van der Waals surface area contributed by atoms with Crippen molar-refractivity contribution in [2.45, 2.75) is 52.4 Å². The van der Waals surface area contributed by atoms with Crippen LogP contribution in [-0.2, 0) is 0 Å². The molecule has 0 aliphatic heterocycles. The number of hydrogen-bond donors (Lipinski definition) is 0. The van der Waals surface area contributed by atoms with Crippen LogP contribution in [0.4, 0.5) is 0 Å². The zero-order valence-electron chi connectivity index (χ0n) is 10.2. The summed E-state index contributed by atoms with van der Waals surface area (Å²) in [4.78, 5) is 0. The smallest absolute Gasteiger partial charge is 0.0261 e. The van der Waals surface area contributed by atoms with Crippen LogP contribution in [0.3, 0.4) is 0 Å². The van der Waals surface area contributed by atoms with E-state index in [2.05, 4.69) is 13.8 Å². The molecule has 84 valence electrons. The Hall–Kier alpha value is 0. The van der Waals surface area contributed by atoms with Crippen LogP contribution in [0.2, 0.25) is 0 Å². The second kappa shape index (κ2) is 2.63. The predicted octanol–water partition coefficient (Wildman–Crippen LogP) is 4.10. The van der Waals surface area contributed by atoms with Gasteiger partial charge in [0.05, 0.1) is 0 Å². The summed E-state index contributed by atoms with van der Waals surface area (Å²) in [5, 5.41) is 0. The second-order valence-corrected chi connectivity index (χ2v) is 7.17. The van der Waals surface area contributed by atoms with Crippen molar-refractivity contribution in [3.8, 4) is 0 Å². The van der Waals surface area contributed by atoms with E-state index in [1.165, 1.54) is 12.3 Å². The molecule has 6 saturated carbocycles. The quantitative estimate of drug-likeness (QED) is 0.603. The summed E-state index contributed by atoms with van der Waals surface area (Å²) in [6.45, 7) is 4.97. The SMILES string of the molecule is CCC1CC23CCC4C(CC12)C(C)C4C3. The van der Waals surface area contributed by atoms with Gasteiger partial charge >= 0.3 is 0 Å². The third-order valence-electron chi connectivity index (χ3n) is 7.14. The standard InChI is InChI=1S/C15H24/c1-3-10-7-15-5-4-11-12(6-14(10)15)9(2)13(11)8-15/h9-14H,3-8H2,1-2H3. The lowest BCUT2D eigenvalue weighted by atomic mass is 9.46. The first kappa shape index (κ1) is 9.07. The van der Waals surface area contributed by atoms with Crippen molar-refractivity contribution < 1.29 is 0 Å². The summed E-state index contributed by atoms with van der Waals surface area (Å²) in [6.07, 6.45) is 9.54. The van der Waals surface area contributed by atoms with Crippen LogP contribution in [0, 0.1) is 40.9 Å². The summed E-state index contributed by atoms with van der Waals surface area (Å²) in [5.41, 5.74) is 0.876. The molecular weight excluding hydrogens is 180 g/mol. The molecule has 0 radical (unpaired) electrons. The topological polar surface area (TPSA) is 0 Å². The van der Waals surface area contributed by atoms with Gasteiger partial charge in [0.1, 0.15) is 0 Å². The van der Waals surface area contributed by atoms with Gasteiger partial charge in [-0.1, -0.05) is 20.3 Å². The molecule has 0 aromatic rings. The van der Waals surface area contributed by atoms with Crippen molar-refractivity contribution in [3.63, 3.8) is 0 Å². The highest BCUT2D eigenvalue weighted by Crippen LogP contribution is 2.73. The van der Waals surface area contributed by atoms with Gasteiger partial charge in [0.2, 0.25) is 0 Å². The Kier molecular flexibility index (Phi) is 1.59. The Bertz CT molecular complexity index is 294. The van der Waals surface area contributed by atoms with Gasteiger partial charge in [-0.2, -0.15) is 0 Å². The van der Waals surface area contributed by atoms with E-state index in [4.69, 9.17) is 0 Å².